The molecule has 11 heavy (non-hydrogen) atoms. The highest BCUT2D eigenvalue weighted by Gasteiger charge is 2.02. The SMILES string of the molecule is N#CSc1nc(Br)ncc1I. The minimum absolute atomic E-state index is 0.510. The molecule has 0 aliphatic carbocycles. The molecule has 56 valence electrons. The first-order chi connectivity index (χ1) is 5.24. The van der Waals surface area contributed by atoms with Crippen LogP contribution in [0.4, 0.5) is 0 Å². The van der Waals surface area contributed by atoms with Crippen molar-refractivity contribution in [2.45, 2.75) is 5.03 Å². The molecular weight excluding hydrogens is 341 g/mol. The molecule has 3 nitrogen and oxygen atoms in total. The highest BCUT2D eigenvalue weighted by Crippen LogP contribution is 2.21. The topological polar surface area (TPSA) is 49.6 Å². The van der Waals surface area contributed by atoms with Crippen LogP contribution in [0, 0.1) is 14.2 Å². The molecule has 0 saturated heterocycles. The third-order valence-corrected chi connectivity index (χ3v) is 2.96. The zero-order valence-electron chi connectivity index (χ0n) is 5.08. The van der Waals surface area contributed by atoms with E-state index in [-0.39, 0.29) is 0 Å². The van der Waals surface area contributed by atoms with Crippen LogP contribution in [0.1, 0.15) is 0 Å². The number of thioether (sulfide) groups is 1. The summed E-state index contributed by atoms with van der Waals surface area (Å²) >= 11 is 6.23. The molecule has 6 heteroatoms. The van der Waals surface area contributed by atoms with E-state index in [1.807, 2.05) is 5.40 Å². The maximum Gasteiger partial charge on any atom is 0.197 e. The average molecular weight is 342 g/mol. The van der Waals surface area contributed by atoms with E-state index in [2.05, 4.69) is 48.5 Å². The largest absolute Gasteiger partial charge is 0.230 e. The normalized spacial score (nSPS) is 9.18. The molecule has 0 spiro atoms. The Labute approximate surface area is 89.9 Å². The maximum atomic E-state index is 8.37. The highest BCUT2D eigenvalue weighted by molar-refractivity contribution is 14.1. The Hall–Kier alpha value is 0.130. The van der Waals surface area contributed by atoms with Gasteiger partial charge < -0.3 is 0 Å². The fraction of sp³-hybridized carbons (Fsp3) is 0. The van der Waals surface area contributed by atoms with Gasteiger partial charge >= 0.3 is 0 Å². The molecule has 0 N–H and O–H groups in total. The van der Waals surface area contributed by atoms with Gasteiger partial charge in [-0.05, 0) is 38.5 Å². The van der Waals surface area contributed by atoms with Crippen molar-refractivity contribution in [3.05, 3.63) is 14.5 Å². The zero-order valence-corrected chi connectivity index (χ0v) is 9.64. The smallest absolute Gasteiger partial charge is 0.197 e. The molecule has 1 aromatic rings. The molecule has 0 saturated carbocycles. The Morgan fingerprint density at radius 3 is 3.09 bits per heavy atom. The van der Waals surface area contributed by atoms with Crippen LogP contribution in [0.15, 0.2) is 16.0 Å². The predicted octanol–water partition coefficient (Wildman–Crippen LogP) is 2.42. The Kier molecular flexibility index (Phi) is 3.54. The molecule has 0 unspecified atom stereocenters. The van der Waals surface area contributed by atoms with E-state index >= 15 is 0 Å². The number of nitriles is 1. The molecule has 0 radical (unpaired) electrons. The molecule has 0 aliphatic heterocycles. The number of nitrogens with zero attached hydrogens (tertiary/aromatic N) is 3. The Morgan fingerprint density at radius 1 is 1.73 bits per heavy atom. The van der Waals surface area contributed by atoms with Crippen LogP contribution < -0.4 is 0 Å². The van der Waals surface area contributed by atoms with Crippen molar-refractivity contribution in [2.75, 3.05) is 0 Å². The van der Waals surface area contributed by atoms with Crippen molar-refractivity contribution in [2.24, 2.45) is 0 Å². The Morgan fingerprint density at radius 2 is 2.45 bits per heavy atom. The summed E-state index contributed by atoms with van der Waals surface area (Å²) in [5, 5.41) is 11.0. The summed E-state index contributed by atoms with van der Waals surface area (Å²) in [6.45, 7) is 0. The van der Waals surface area contributed by atoms with Crippen LogP contribution in [-0.4, -0.2) is 9.97 Å². The van der Waals surface area contributed by atoms with E-state index < -0.39 is 0 Å². The van der Waals surface area contributed by atoms with Crippen LogP contribution in [0.3, 0.4) is 0 Å². The van der Waals surface area contributed by atoms with E-state index in [1.165, 1.54) is 0 Å². The molecule has 0 aromatic carbocycles. The maximum absolute atomic E-state index is 8.37. The summed E-state index contributed by atoms with van der Waals surface area (Å²) in [6, 6.07) is 0. The summed E-state index contributed by atoms with van der Waals surface area (Å²) in [7, 11) is 0. The van der Waals surface area contributed by atoms with Gasteiger partial charge in [0.15, 0.2) is 4.73 Å². The molecule has 1 heterocycles. The number of hydrogen-bond acceptors (Lipinski definition) is 4. The summed E-state index contributed by atoms with van der Waals surface area (Å²) in [5.74, 6) is 0. The quantitative estimate of drug-likeness (QED) is 0.259. The highest BCUT2D eigenvalue weighted by atomic mass is 127. The standard InChI is InChI=1S/C5HBrIN3S/c6-5-9-1-3(7)4(10-5)11-2-8/h1H. The molecule has 0 fully saturated rings. The van der Waals surface area contributed by atoms with Crippen LogP contribution in [0.2, 0.25) is 0 Å². The van der Waals surface area contributed by atoms with Crippen molar-refractivity contribution < 1.29 is 0 Å². The number of thiocyanates is 1. The number of rotatable bonds is 1. The van der Waals surface area contributed by atoms with E-state index in [1.54, 1.807) is 6.20 Å². The molecule has 0 amide bonds. The van der Waals surface area contributed by atoms with Gasteiger partial charge in [-0.25, -0.2) is 9.97 Å². The van der Waals surface area contributed by atoms with Gasteiger partial charge in [0.25, 0.3) is 0 Å². The lowest BCUT2D eigenvalue weighted by atomic mass is 10.7. The first-order valence-corrected chi connectivity index (χ1v) is 5.17. The number of aromatic nitrogens is 2. The molecule has 0 atom stereocenters. The van der Waals surface area contributed by atoms with E-state index in [9.17, 15) is 0 Å². The summed E-state index contributed by atoms with van der Waals surface area (Å²) in [5.41, 5.74) is 0. The minimum atomic E-state index is 0.510. The van der Waals surface area contributed by atoms with Gasteiger partial charge in [-0.1, -0.05) is 0 Å². The van der Waals surface area contributed by atoms with Crippen molar-refractivity contribution >= 4 is 50.3 Å². The second-order valence-electron chi connectivity index (χ2n) is 1.49. The van der Waals surface area contributed by atoms with Crippen LogP contribution in [-0.2, 0) is 0 Å². The minimum Gasteiger partial charge on any atom is -0.230 e. The third-order valence-electron chi connectivity index (χ3n) is 0.825. The molecule has 0 bridgehead atoms. The first-order valence-electron chi connectivity index (χ1n) is 2.48. The van der Waals surface area contributed by atoms with Crippen molar-refractivity contribution in [3.8, 4) is 5.40 Å². The van der Waals surface area contributed by atoms with Crippen LogP contribution in [0.25, 0.3) is 0 Å². The van der Waals surface area contributed by atoms with Gasteiger partial charge in [0.1, 0.15) is 10.4 Å². The van der Waals surface area contributed by atoms with E-state index in [0.29, 0.717) is 9.76 Å². The van der Waals surface area contributed by atoms with Gasteiger partial charge in [0, 0.05) is 18.0 Å². The second kappa shape index (κ2) is 4.23. The lowest BCUT2D eigenvalue weighted by molar-refractivity contribution is 0.987. The fourth-order valence-electron chi connectivity index (χ4n) is 0.446. The van der Waals surface area contributed by atoms with Gasteiger partial charge in [-0.2, -0.15) is 5.26 Å². The van der Waals surface area contributed by atoms with E-state index in [4.69, 9.17) is 5.26 Å². The number of hydrogen-bond donors (Lipinski definition) is 0. The molecule has 1 rings (SSSR count). The summed E-state index contributed by atoms with van der Waals surface area (Å²) in [6.07, 6.45) is 1.66. The van der Waals surface area contributed by atoms with Gasteiger partial charge in [-0.3, -0.25) is 0 Å². The summed E-state index contributed by atoms with van der Waals surface area (Å²) < 4.78 is 1.40. The summed E-state index contributed by atoms with van der Waals surface area (Å²) in [4.78, 5) is 7.90. The van der Waals surface area contributed by atoms with Crippen LogP contribution >= 0.6 is 50.3 Å². The van der Waals surface area contributed by atoms with Crippen molar-refractivity contribution in [1.82, 2.24) is 9.97 Å². The lowest BCUT2D eigenvalue weighted by Crippen LogP contribution is -1.87. The van der Waals surface area contributed by atoms with E-state index in [0.717, 1.165) is 15.3 Å². The second-order valence-corrected chi connectivity index (χ2v) is 4.13. The predicted molar refractivity (Wildman–Crippen MR) is 53.9 cm³/mol. The monoisotopic (exact) mass is 341 g/mol. The van der Waals surface area contributed by atoms with Crippen molar-refractivity contribution in [1.29, 1.82) is 5.26 Å². The van der Waals surface area contributed by atoms with Gasteiger partial charge in [-0.15, -0.1) is 0 Å². The molecule has 1 aromatic heterocycles. The average Bonchev–Trinajstić information content (AvgIpc) is 1.98. The molecule has 0 aliphatic rings. The zero-order chi connectivity index (χ0) is 8.27. The third kappa shape index (κ3) is 2.57. The van der Waals surface area contributed by atoms with Crippen molar-refractivity contribution in [3.63, 3.8) is 0 Å². The first kappa shape index (κ1) is 9.22. The fourth-order valence-corrected chi connectivity index (χ4v) is 1.80. The Bertz CT molecular complexity index is 311. The molecular formula is C5HBrIN3S. The number of halogens is 2. The van der Waals surface area contributed by atoms with Gasteiger partial charge in [0.05, 0.1) is 3.57 Å². The lowest BCUT2D eigenvalue weighted by Gasteiger charge is -1.95. The van der Waals surface area contributed by atoms with Crippen LogP contribution in [0.5, 0.6) is 0 Å². The Balaban J connectivity index is 3.05. The van der Waals surface area contributed by atoms with Gasteiger partial charge in [0.2, 0.25) is 0 Å².